The monoisotopic (exact) mass is 423 g/mol. The molecule has 0 unspecified atom stereocenters. The maximum Gasteiger partial charge on any atom is 0.246 e. The topological polar surface area (TPSA) is 92.5 Å². The highest BCUT2D eigenvalue weighted by atomic mass is 32.1. The summed E-state index contributed by atoms with van der Waals surface area (Å²) < 4.78 is 10.5. The number of rotatable bonds is 6. The minimum Gasteiger partial charge on any atom is -0.497 e. The van der Waals surface area contributed by atoms with Crippen molar-refractivity contribution in [2.24, 2.45) is 0 Å². The van der Waals surface area contributed by atoms with Gasteiger partial charge in [-0.25, -0.2) is 0 Å². The molecule has 0 spiro atoms. The summed E-state index contributed by atoms with van der Waals surface area (Å²) in [5, 5.41) is 10.6. The summed E-state index contributed by atoms with van der Waals surface area (Å²) in [6, 6.07) is 15.0. The van der Waals surface area contributed by atoms with Crippen molar-refractivity contribution in [3.8, 4) is 17.1 Å². The number of amides is 1. The predicted octanol–water partition coefficient (Wildman–Crippen LogP) is 3.36. The molecule has 0 atom stereocenters. The van der Waals surface area contributed by atoms with Gasteiger partial charge in [0, 0.05) is 29.9 Å². The number of aromatic nitrogens is 2. The van der Waals surface area contributed by atoms with E-state index in [1.54, 1.807) is 12.0 Å². The third-order valence-corrected chi connectivity index (χ3v) is 4.95. The van der Waals surface area contributed by atoms with E-state index in [9.17, 15) is 4.79 Å². The summed E-state index contributed by atoms with van der Waals surface area (Å²) in [6.45, 7) is 1.07. The van der Waals surface area contributed by atoms with Gasteiger partial charge in [0.05, 0.1) is 13.7 Å². The minimum atomic E-state index is 0.167. The Morgan fingerprint density at radius 2 is 2.10 bits per heavy atom. The highest BCUT2D eigenvalue weighted by Crippen LogP contribution is 2.23. The van der Waals surface area contributed by atoms with Crippen LogP contribution in [0.15, 0.2) is 53.1 Å². The lowest BCUT2D eigenvalue weighted by atomic mass is 10.2. The van der Waals surface area contributed by atoms with Crippen LogP contribution in [-0.2, 0) is 11.3 Å². The predicted molar refractivity (Wildman–Crippen MR) is 117 cm³/mol. The lowest BCUT2D eigenvalue weighted by Crippen LogP contribution is -2.28. The summed E-state index contributed by atoms with van der Waals surface area (Å²) in [7, 11) is 1.61. The molecule has 154 valence electrons. The van der Waals surface area contributed by atoms with Gasteiger partial charge in [0.1, 0.15) is 5.75 Å². The van der Waals surface area contributed by atoms with Crippen molar-refractivity contribution in [3.05, 3.63) is 54.4 Å². The fraction of sp³-hybridized carbons (Fsp3) is 0.238. The second-order valence-electron chi connectivity index (χ2n) is 6.75. The minimum absolute atomic E-state index is 0.167. The van der Waals surface area contributed by atoms with Gasteiger partial charge in [0.2, 0.25) is 17.6 Å². The average molecular weight is 423 g/mol. The van der Waals surface area contributed by atoms with Gasteiger partial charge in [-0.15, -0.1) is 0 Å². The van der Waals surface area contributed by atoms with E-state index in [-0.39, 0.29) is 5.91 Å². The van der Waals surface area contributed by atoms with Crippen LogP contribution in [0.3, 0.4) is 0 Å². The molecule has 1 fully saturated rings. The molecule has 0 radical (unpaired) electrons. The van der Waals surface area contributed by atoms with Crippen molar-refractivity contribution >= 4 is 34.6 Å². The maximum absolute atomic E-state index is 11.8. The standard InChI is InChI=1S/C21H21N5O3S/c1-28-17-5-2-4-14(12-17)20-24-18(29-25-20)13-22-21(30)23-15-7-9-16(10-8-15)26-11-3-6-19(26)27/h2,4-5,7-10,12H,3,6,11,13H2,1H3,(H2,22,23,30). The molecule has 1 aliphatic heterocycles. The Kier molecular flexibility index (Phi) is 5.89. The van der Waals surface area contributed by atoms with Crippen LogP contribution in [0.25, 0.3) is 11.4 Å². The molecule has 2 heterocycles. The number of benzene rings is 2. The van der Waals surface area contributed by atoms with Crippen LogP contribution < -0.4 is 20.3 Å². The molecular formula is C21H21N5O3S. The molecule has 1 saturated heterocycles. The molecule has 0 aliphatic carbocycles. The Balaban J connectivity index is 1.31. The first-order chi connectivity index (χ1) is 14.6. The van der Waals surface area contributed by atoms with Crippen molar-refractivity contribution in [2.75, 3.05) is 23.9 Å². The van der Waals surface area contributed by atoms with E-state index in [0.717, 1.165) is 35.7 Å². The molecule has 8 nitrogen and oxygen atoms in total. The molecule has 2 aromatic carbocycles. The van der Waals surface area contributed by atoms with Gasteiger partial charge >= 0.3 is 0 Å². The second-order valence-corrected chi connectivity index (χ2v) is 7.16. The number of ether oxygens (including phenoxy) is 1. The zero-order valence-corrected chi connectivity index (χ0v) is 17.2. The van der Waals surface area contributed by atoms with Crippen molar-refractivity contribution in [1.29, 1.82) is 0 Å². The third kappa shape index (κ3) is 4.57. The lowest BCUT2D eigenvalue weighted by molar-refractivity contribution is -0.117. The van der Waals surface area contributed by atoms with Crippen LogP contribution in [0.4, 0.5) is 11.4 Å². The summed E-state index contributed by atoms with van der Waals surface area (Å²) in [5.74, 6) is 1.79. The Hall–Kier alpha value is -3.46. The quantitative estimate of drug-likeness (QED) is 0.583. The highest BCUT2D eigenvalue weighted by molar-refractivity contribution is 7.80. The summed E-state index contributed by atoms with van der Waals surface area (Å²) in [6.07, 6.45) is 1.52. The van der Waals surface area contributed by atoms with E-state index in [0.29, 0.717) is 29.8 Å². The molecule has 1 aromatic heterocycles. The van der Waals surface area contributed by atoms with E-state index < -0.39 is 0 Å². The van der Waals surface area contributed by atoms with Crippen molar-refractivity contribution in [3.63, 3.8) is 0 Å². The zero-order chi connectivity index (χ0) is 20.9. The Morgan fingerprint density at radius 1 is 1.27 bits per heavy atom. The molecule has 4 rings (SSSR count). The van der Waals surface area contributed by atoms with Crippen molar-refractivity contribution in [1.82, 2.24) is 15.5 Å². The smallest absolute Gasteiger partial charge is 0.246 e. The number of carbonyl (C=O) groups is 1. The summed E-state index contributed by atoms with van der Waals surface area (Å²) >= 11 is 5.33. The normalized spacial score (nSPS) is 13.4. The first-order valence-corrected chi connectivity index (χ1v) is 9.95. The number of hydrogen-bond donors (Lipinski definition) is 2. The van der Waals surface area contributed by atoms with Crippen LogP contribution in [-0.4, -0.2) is 34.8 Å². The van der Waals surface area contributed by atoms with E-state index in [1.165, 1.54) is 0 Å². The number of carbonyl (C=O) groups excluding carboxylic acids is 1. The average Bonchev–Trinajstić information content (AvgIpc) is 3.42. The van der Waals surface area contributed by atoms with Crippen LogP contribution in [0, 0.1) is 0 Å². The Labute approximate surface area is 179 Å². The number of hydrogen-bond acceptors (Lipinski definition) is 6. The molecular weight excluding hydrogens is 402 g/mol. The first-order valence-electron chi connectivity index (χ1n) is 9.54. The number of nitrogens with zero attached hydrogens (tertiary/aromatic N) is 3. The zero-order valence-electron chi connectivity index (χ0n) is 16.4. The molecule has 0 saturated carbocycles. The number of nitrogens with one attached hydrogen (secondary N) is 2. The summed E-state index contributed by atoms with van der Waals surface area (Å²) in [4.78, 5) is 18.0. The van der Waals surface area contributed by atoms with Crippen molar-refractivity contribution in [2.45, 2.75) is 19.4 Å². The third-order valence-electron chi connectivity index (χ3n) is 4.71. The number of thiocarbonyl (C=S) groups is 1. The molecule has 3 aromatic rings. The number of anilines is 2. The fourth-order valence-electron chi connectivity index (χ4n) is 3.18. The lowest BCUT2D eigenvalue weighted by Gasteiger charge is -2.16. The maximum atomic E-state index is 11.8. The first kappa shape index (κ1) is 19.8. The van der Waals surface area contributed by atoms with Gasteiger partial charge < -0.3 is 24.8 Å². The SMILES string of the molecule is COc1cccc(-c2noc(CNC(=S)Nc3ccc(N4CCCC4=O)cc3)n2)c1. The molecule has 9 heteroatoms. The van der Waals surface area contributed by atoms with E-state index in [4.69, 9.17) is 21.5 Å². The molecule has 1 aliphatic rings. The van der Waals surface area contributed by atoms with Gasteiger partial charge in [-0.3, -0.25) is 4.79 Å². The molecule has 30 heavy (non-hydrogen) atoms. The van der Waals surface area contributed by atoms with Crippen LogP contribution >= 0.6 is 12.2 Å². The van der Waals surface area contributed by atoms with Crippen LogP contribution in [0.5, 0.6) is 5.75 Å². The van der Waals surface area contributed by atoms with Crippen LogP contribution in [0.2, 0.25) is 0 Å². The van der Waals surface area contributed by atoms with Crippen LogP contribution in [0.1, 0.15) is 18.7 Å². The van der Waals surface area contributed by atoms with E-state index in [1.807, 2.05) is 48.5 Å². The van der Waals surface area contributed by atoms with Gasteiger partial charge in [0.25, 0.3) is 0 Å². The highest BCUT2D eigenvalue weighted by Gasteiger charge is 2.21. The fourth-order valence-corrected chi connectivity index (χ4v) is 3.37. The van der Waals surface area contributed by atoms with Gasteiger partial charge in [-0.2, -0.15) is 4.98 Å². The number of methoxy groups -OCH3 is 1. The van der Waals surface area contributed by atoms with Gasteiger partial charge in [0.15, 0.2) is 5.11 Å². The van der Waals surface area contributed by atoms with Gasteiger partial charge in [-0.05, 0) is 55.0 Å². The Morgan fingerprint density at radius 3 is 2.83 bits per heavy atom. The largest absolute Gasteiger partial charge is 0.497 e. The molecule has 2 N–H and O–H groups in total. The molecule has 1 amide bonds. The van der Waals surface area contributed by atoms with Gasteiger partial charge in [-0.1, -0.05) is 17.3 Å². The molecule has 0 bridgehead atoms. The van der Waals surface area contributed by atoms with E-state index >= 15 is 0 Å². The van der Waals surface area contributed by atoms with E-state index in [2.05, 4.69) is 20.8 Å². The Bertz CT molecular complexity index is 1050. The second kappa shape index (κ2) is 8.91. The van der Waals surface area contributed by atoms with Crippen molar-refractivity contribution < 1.29 is 14.1 Å². The summed E-state index contributed by atoms with van der Waals surface area (Å²) in [5.41, 5.74) is 2.53.